The van der Waals surface area contributed by atoms with Crippen molar-refractivity contribution in [3.63, 3.8) is 0 Å². The zero-order chi connectivity index (χ0) is 6.41. The average molecular weight is 116 g/mol. The van der Waals surface area contributed by atoms with E-state index < -0.39 is 0 Å². The van der Waals surface area contributed by atoms with E-state index in [0.717, 1.165) is 19.1 Å². The third-order valence-electron chi connectivity index (χ3n) is 1.05. The smallest absolute Gasteiger partial charge is 0.122 e. The Morgan fingerprint density at radius 2 is 2.38 bits per heavy atom. The lowest BCUT2D eigenvalue weighted by Gasteiger charge is -1.97. The van der Waals surface area contributed by atoms with Gasteiger partial charge < -0.3 is 9.90 Å². The molecule has 48 valence electrons. The number of carbonyl (C=O) groups is 1. The first-order chi connectivity index (χ1) is 3.81. The van der Waals surface area contributed by atoms with Crippen LogP contribution >= 0.6 is 0 Å². The standard InChI is InChI=1S/C6H12O2/c1-6(5-8)3-2-4-7/h5-7H,2-4H2,1H3. The normalized spacial score (nSPS) is 13.2. The summed E-state index contributed by atoms with van der Waals surface area (Å²) in [4.78, 5) is 9.93. The lowest BCUT2D eigenvalue weighted by molar-refractivity contribution is -0.110. The fraction of sp³-hybridized carbons (Fsp3) is 0.833. The van der Waals surface area contributed by atoms with Crippen LogP contribution in [-0.4, -0.2) is 18.0 Å². The second-order valence-corrected chi connectivity index (χ2v) is 1.98. The Bertz CT molecular complexity index is 61.5. The number of hydrogen-bond acceptors (Lipinski definition) is 2. The molecule has 0 heterocycles. The average Bonchev–Trinajstić information content (AvgIpc) is 1.83. The summed E-state index contributed by atoms with van der Waals surface area (Å²) in [7, 11) is 0. The summed E-state index contributed by atoms with van der Waals surface area (Å²) in [6, 6.07) is 0. The van der Waals surface area contributed by atoms with Gasteiger partial charge in [-0.1, -0.05) is 6.92 Å². The van der Waals surface area contributed by atoms with Gasteiger partial charge in [-0.05, 0) is 12.8 Å². The van der Waals surface area contributed by atoms with Crippen molar-refractivity contribution in [3.8, 4) is 0 Å². The molecule has 2 heteroatoms. The van der Waals surface area contributed by atoms with Crippen molar-refractivity contribution >= 4 is 6.29 Å². The summed E-state index contributed by atoms with van der Waals surface area (Å²) in [5.74, 6) is 0.113. The van der Waals surface area contributed by atoms with Gasteiger partial charge in [-0.2, -0.15) is 0 Å². The molecule has 0 saturated heterocycles. The molecule has 0 fully saturated rings. The SMILES string of the molecule is CC(C=O)CCCO. The second-order valence-electron chi connectivity index (χ2n) is 1.98. The molecule has 2 nitrogen and oxygen atoms in total. The van der Waals surface area contributed by atoms with Crippen LogP contribution in [-0.2, 0) is 4.79 Å². The number of carbonyl (C=O) groups excluding carboxylic acids is 1. The molecule has 0 saturated carbocycles. The quantitative estimate of drug-likeness (QED) is 0.546. The molecule has 0 aliphatic rings. The zero-order valence-electron chi connectivity index (χ0n) is 5.13. The summed E-state index contributed by atoms with van der Waals surface area (Å²) in [5, 5.41) is 8.29. The number of aliphatic hydroxyl groups is 1. The van der Waals surface area contributed by atoms with Crippen LogP contribution in [0.2, 0.25) is 0 Å². The van der Waals surface area contributed by atoms with Crippen molar-refractivity contribution in [3.05, 3.63) is 0 Å². The Hall–Kier alpha value is -0.370. The number of hydrogen-bond donors (Lipinski definition) is 1. The van der Waals surface area contributed by atoms with Crippen LogP contribution in [0.3, 0.4) is 0 Å². The topological polar surface area (TPSA) is 37.3 Å². The van der Waals surface area contributed by atoms with E-state index in [9.17, 15) is 4.79 Å². The van der Waals surface area contributed by atoms with Crippen LogP contribution in [0.5, 0.6) is 0 Å². The molecule has 0 rings (SSSR count). The van der Waals surface area contributed by atoms with Crippen LogP contribution in [0.25, 0.3) is 0 Å². The van der Waals surface area contributed by atoms with Crippen molar-refractivity contribution in [2.75, 3.05) is 6.61 Å². The van der Waals surface area contributed by atoms with Crippen molar-refractivity contribution in [1.29, 1.82) is 0 Å². The van der Waals surface area contributed by atoms with Crippen LogP contribution in [0, 0.1) is 5.92 Å². The van der Waals surface area contributed by atoms with Crippen molar-refractivity contribution in [2.45, 2.75) is 19.8 Å². The highest BCUT2D eigenvalue weighted by atomic mass is 16.2. The zero-order valence-corrected chi connectivity index (χ0v) is 5.13. The molecule has 1 N–H and O–H groups in total. The Labute approximate surface area is 49.5 Å². The highest BCUT2D eigenvalue weighted by Gasteiger charge is 1.95. The molecule has 0 radical (unpaired) electrons. The van der Waals surface area contributed by atoms with Gasteiger partial charge >= 0.3 is 0 Å². The summed E-state index contributed by atoms with van der Waals surface area (Å²) in [6.07, 6.45) is 2.45. The molecule has 0 aromatic rings. The van der Waals surface area contributed by atoms with E-state index in [1.807, 2.05) is 6.92 Å². The van der Waals surface area contributed by atoms with Gasteiger partial charge in [0.1, 0.15) is 6.29 Å². The minimum atomic E-state index is 0.113. The van der Waals surface area contributed by atoms with Gasteiger partial charge in [-0.3, -0.25) is 0 Å². The molecule has 0 aromatic heterocycles. The van der Waals surface area contributed by atoms with Crippen LogP contribution in [0.1, 0.15) is 19.8 Å². The maximum atomic E-state index is 9.93. The highest BCUT2D eigenvalue weighted by Crippen LogP contribution is 1.99. The number of aldehydes is 1. The predicted molar refractivity (Wildman–Crippen MR) is 31.5 cm³/mol. The Kier molecular flexibility index (Phi) is 4.56. The maximum absolute atomic E-state index is 9.93. The summed E-state index contributed by atoms with van der Waals surface area (Å²) < 4.78 is 0. The third kappa shape index (κ3) is 3.81. The third-order valence-corrected chi connectivity index (χ3v) is 1.05. The molecule has 1 unspecified atom stereocenters. The Morgan fingerprint density at radius 1 is 1.75 bits per heavy atom. The molecule has 0 spiro atoms. The lowest BCUT2D eigenvalue weighted by Crippen LogP contribution is -1.96. The minimum Gasteiger partial charge on any atom is -0.396 e. The lowest BCUT2D eigenvalue weighted by atomic mass is 10.1. The molecule has 0 aliphatic carbocycles. The summed E-state index contributed by atoms with van der Waals surface area (Å²) >= 11 is 0. The fourth-order valence-corrected chi connectivity index (χ4v) is 0.481. The van der Waals surface area contributed by atoms with E-state index >= 15 is 0 Å². The molecule has 0 bridgehead atoms. The van der Waals surface area contributed by atoms with E-state index in [-0.39, 0.29) is 12.5 Å². The first kappa shape index (κ1) is 7.63. The molecule has 0 amide bonds. The first-order valence-electron chi connectivity index (χ1n) is 2.87. The summed E-state index contributed by atoms with van der Waals surface area (Å²) in [6.45, 7) is 2.04. The maximum Gasteiger partial charge on any atom is 0.122 e. The van der Waals surface area contributed by atoms with Gasteiger partial charge in [0.05, 0.1) is 0 Å². The van der Waals surface area contributed by atoms with Gasteiger partial charge in [0.2, 0.25) is 0 Å². The van der Waals surface area contributed by atoms with Gasteiger partial charge in [0.15, 0.2) is 0 Å². The molecule has 0 aliphatic heterocycles. The van der Waals surface area contributed by atoms with Crippen molar-refractivity contribution < 1.29 is 9.90 Å². The molecule has 1 atom stereocenters. The van der Waals surface area contributed by atoms with Gasteiger partial charge in [-0.15, -0.1) is 0 Å². The molecule has 0 aromatic carbocycles. The predicted octanol–water partition coefficient (Wildman–Crippen LogP) is 0.594. The van der Waals surface area contributed by atoms with Gasteiger partial charge in [-0.25, -0.2) is 0 Å². The second kappa shape index (κ2) is 4.78. The Morgan fingerprint density at radius 3 is 2.75 bits per heavy atom. The first-order valence-corrected chi connectivity index (χ1v) is 2.87. The fourth-order valence-electron chi connectivity index (χ4n) is 0.481. The van der Waals surface area contributed by atoms with Crippen LogP contribution in [0.4, 0.5) is 0 Å². The Balaban J connectivity index is 2.98. The van der Waals surface area contributed by atoms with E-state index in [0.29, 0.717) is 0 Å². The molecular formula is C6H12O2. The molecule has 8 heavy (non-hydrogen) atoms. The van der Waals surface area contributed by atoms with Crippen LogP contribution in [0.15, 0.2) is 0 Å². The molecular weight excluding hydrogens is 104 g/mol. The van der Waals surface area contributed by atoms with E-state index in [1.165, 1.54) is 0 Å². The van der Waals surface area contributed by atoms with E-state index in [1.54, 1.807) is 0 Å². The van der Waals surface area contributed by atoms with Crippen molar-refractivity contribution in [1.82, 2.24) is 0 Å². The number of rotatable bonds is 4. The van der Waals surface area contributed by atoms with Crippen molar-refractivity contribution in [2.24, 2.45) is 5.92 Å². The van der Waals surface area contributed by atoms with E-state index in [2.05, 4.69) is 0 Å². The minimum absolute atomic E-state index is 0.113. The van der Waals surface area contributed by atoms with Gasteiger partial charge in [0.25, 0.3) is 0 Å². The van der Waals surface area contributed by atoms with E-state index in [4.69, 9.17) is 5.11 Å². The van der Waals surface area contributed by atoms with Crippen LogP contribution < -0.4 is 0 Å². The number of aliphatic hydroxyl groups excluding tert-OH is 1. The largest absolute Gasteiger partial charge is 0.396 e. The monoisotopic (exact) mass is 116 g/mol. The highest BCUT2D eigenvalue weighted by molar-refractivity contribution is 5.52. The summed E-state index contributed by atoms with van der Waals surface area (Å²) in [5.41, 5.74) is 0. The van der Waals surface area contributed by atoms with Gasteiger partial charge in [0, 0.05) is 12.5 Å².